The van der Waals surface area contributed by atoms with E-state index >= 15 is 0 Å². The van der Waals surface area contributed by atoms with E-state index < -0.39 is 21.6 Å². The van der Waals surface area contributed by atoms with Gasteiger partial charge in [-0.05, 0) is 49.7 Å². The van der Waals surface area contributed by atoms with Crippen molar-refractivity contribution in [2.45, 2.75) is 44.2 Å². The summed E-state index contributed by atoms with van der Waals surface area (Å²) in [7, 11) is -3.60. The van der Waals surface area contributed by atoms with Gasteiger partial charge in [-0.25, -0.2) is 8.42 Å². The molecule has 180 valence electrons. The maximum atomic E-state index is 13.3. The van der Waals surface area contributed by atoms with Crippen molar-refractivity contribution in [1.82, 2.24) is 9.21 Å². The summed E-state index contributed by atoms with van der Waals surface area (Å²) in [5.74, 6) is -0.828. The maximum Gasteiger partial charge on any atom is 0.258 e. The van der Waals surface area contributed by atoms with Crippen LogP contribution in [0.3, 0.4) is 0 Å². The zero-order valence-electron chi connectivity index (χ0n) is 19.4. The summed E-state index contributed by atoms with van der Waals surface area (Å²) in [4.78, 5) is 42.0. The molecule has 9 nitrogen and oxygen atoms in total. The number of nitrogens with zero attached hydrogens (tertiary/aromatic N) is 3. The molecule has 10 heteroatoms. The molecule has 2 aliphatic heterocycles. The van der Waals surface area contributed by atoms with E-state index in [2.05, 4.69) is 5.32 Å². The van der Waals surface area contributed by atoms with Crippen LogP contribution in [0.2, 0.25) is 0 Å². The monoisotopic (exact) mass is 484 g/mol. The molecular weight excluding hydrogens is 456 g/mol. The van der Waals surface area contributed by atoms with Gasteiger partial charge in [-0.3, -0.25) is 19.3 Å². The molecular formula is C24H28N4O5S. The van der Waals surface area contributed by atoms with Crippen molar-refractivity contribution in [2.75, 3.05) is 29.9 Å². The molecule has 0 spiro atoms. The van der Waals surface area contributed by atoms with E-state index in [9.17, 15) is 22.8 Å². The fourth-order valence-corrected chi connectivity index (χ4v) is 6.17. The van der Waals surface area contributed by atoms with Crippen LogP contribution in [-0.4, -0.2) is 60.6 Å². The SMILES string of the molecule is CCN(CC)S(=O)(=O)c1ccc(NC(=O)CN2C(=O)c3ccccc3N3C(=O)CCC23C)cc1. The minimum atomic E-state index is -3.60. The van der Waals surface area contributed by atoms with E-state index in [1.165, 1.54) is 33.5 Å². The van der Waals surface area contributed by atoms with Gasteiger partial charge in [0.15, 0.2) is 0 Å². The topological polar surface area (TPSA) is 107 Å². The lowest BCUT2D eigenvalue weighted by Gasteiger charge is -2.48. The molecule has 0 saturated carbocycles. The Labute approximate surface area is 199 Å². The van der Waals surface area contributed by atoms with Gasteiger partial charge in [0, 0.05) is 25.2 Å². The number of carbonyl (C=O) groups is 3. The van der Waals surface area contributed by atoms with Gasteiger partial charge in [-0.1, -0.05) is 26.0 Å². The second-order valence-electron chi connectivity index (χ2n) is 8.52. The van der Waals surface area contributed by atoms with Gasteiger partial charge in [0.25, 0.3) is 5.91 Å². The smallest absolute Gasteiger partial charge is 0.258 e. The van der Waals surface area contributed by atoms with Crippen LogP contribution in [0.5, 0.6) is 0 Å². The predicted octanol–water partition coefficient (Wildman–Crippen LogP) is 2.65. The Morgan fingerprint density at radius 2 is 1.71 bits per heavy atom. The number of para-hydroxylation sites is 1. The standard InChI is InChI=1S/C24H28N4O5S/c1-4-26(5-2)34(32,33)18-12-10-17(11-13-18)25-21(29)16-27-23(31)19-8-6-7-9-20(19)28-22(30)14-15-24(27,28)3/h6-13H,4-5,14-16H2,1-3H3,(H,25,29). The zero-order valence-corrected chi connectivity index (χ0v) is 20.3. The molecule has 1 unspecified atom stereocenters. The first-order valence-electron chi connectivity index (χ1n) is 11.3. The lowest BCUT2D eigenvalue weighted by molar-refractivity contribution is -0.120. The third-order valence-corrected chi connectivity index (χ3v) is 8.59. The molecule has 0 bridgehead atoms. The second kappa shape index (κ2) is 8.84. The van der Waals surface area contributed by atoms with Crippen molar-refractivity contribution in [2.24, 2.45) is 0 Å². The Bertz CT molecular complexity index is 1240. The molecule has 1 saturated heterocycles. The summed E-state index contributed by atoms with van der Waals surface area (Å²) in [5, 5.41) is 2.73. The molecule has 34 heavy (non-hydrogen) atoms. The fraction of sp³-hybridized carbons (Fsp3) is 0.375. The summed E-state index contributed by atoms with van der Waals surface area (Å²) in [6.07, 6.45) is 0.718. The van der Waals surface area contributed by atoms with Crippen molar-refractivity contribution in [3.8, 4) is 0 Å². The minimum Gasteiger partial charge on any atom is -0.325 e. The Morgan fingerprint density at radius 1 is 1.06 bits per heavy atom. The molecule has 0 radical (unpaired) electrons. The third-order valence-electron chi connectivity index (χ3n) is 6.53. The van der Waals surface area contributed by atoms with Gasteiger partial charge in [0.05, 0.1) is 16.1 Å². The Kier molecular flexibility index (Phi) is 6.22. The van der Waals surface area contributed by atoms with Gasteiger partial charge in [-0.15, -0.1) is 0 Å². The third kappa shape index (κ3) is 3.86. The number of nitrogens with one attached hydrogen (secondary N) is 1. The summed E-state index contributed by atoms with van der Waals surface area (Å²) in [5.41, 5.74) is 0.438. The Balaban J connectivity index is 1.53. The second-order valence-corrected chi connectivity index (χ2v) is 10.5. The zero-order chi connectivity index (χ0) is 24.7. The van der Waals surface area contributed by atoms with Crippen LogP contribution in [0.25, 0.3) is 0 Å². The van der Waals surface area contributed by atoms with E-state index in [4.69, 9.17) is 0 Å². The van der Waals surface area contributed by atoms with Gasteiger partial charge < -0.3 is 10.2 Å². The summed E-state index contributed by atoms with van der Waals surface area (Å²) < 4.78 is 26.7. The van der Waals surface area contributed by atoms with Crippen LogP contribution in [0.15, 0.2) is 53.4 Å². The molecule has 4 rings (SSSR count). The van der Waals surface area contributed by atoms with E-state index in [1.807, 2.05) is 0 Å². The first kappa shape index (κ1) is 23.9. The Morgan fingerprint density at radius 3 is 2.35 bits per heavy atom. The first-order valence-corrected chi connectivity index (χ1v) is 12.7. The van der Waals surface area contributed by atoms with E-state index in [0.717, 1.165) is 0 Å². The highest BCUT2D eigenvalue weighted by atomic mass is 32.2. The van der Waals surface area contributed by atoms with Crippen LogP contribution in [0.4, 0.5) is 11.4 Å². The largest absolute Gasteiger partial charge is 0.325 e. The van der Waals surface area contributed by atoms with Crippen LogP contribution >= 0.6 is 0 Å². The molecule has 0 aliphatic carbocycles. The van der Waals surface area contributed by atoms with Crippen LogP contribution < -0.4 is 10.2 Å². The van der Waals surface area contributed by atoms with E-state index in [0.29, 0.717) is 42.9 Å². The summed E-state index contributed by atoms with van der Waals surface area (Å²) in [6, 6.07) is 12.9. The van der Waals surface area contributed by atoms with Gasteiger partial charge >= 0.3 is 0 Å². The molecule has 1 N–H and O–H groups in total. The van der Waals surface area contributed by atoms with Crippen LogP contribution in [0, 0.1) is 0 Å². The van der Waals surface area contributed by atoms with E-state index in [-0.39, 0.29) is 23.3 Å². The number of rotatable bonds is 7. The number of amides is 3. The number of benzene rings is 2. The Hall–Kier alpha value is -3.24. The highest BCUT2D eigenvalue weighted by Gasteiger charge is 2.53. The molecule has 2 aromatic carbocycles. The highest BCUT2D eigenvalue weighted by molar-refractivity contribution is 7.89. The molecule has 0 aromatic heterocycles. The first-order chi connectivity index (χ1) is 16.1. The quantitative estimate of drug-likeness (QED) is 0.650. The number of anilines is 2. The van der Waals surface area contributed by atoms with Gasteiger partial charge in [0.1, 0.15) is 12.2 Å². The van der Waals surface area contributed by atoms with Crippen LogP contribution in [0.1, 0.15) is 44.0 Å². The van der Waals surface area contributed by atoms with Gasteiger partial charge in [0.2, 0.25) is 21.8 Å². The molecule has 2 aliphatic rings. The highest BCUT2D eigenvalue weighted by Crippen LogP contribution is 2.43. The molecule has 2 aromatic rings. The maximum absolute atomic E-state index is 13.3. The number of sulfonamides is 1. The average Bonchev–Trinajstić information content (AvgIpc) is 3.13. The lowest BCUT2D eigenvalue weighted by Crippen LogP contribution is -2.63. The van der Waals surface area contributed by atoms with Crippen molar-refractivity contribution < 1.29 is 22.8 Å². The molecule has 1 atom stereocenters. The van der Waals surface area contributed by atoms with Crippen molar-refractivity contribution in [3.63, 3.8) is 0 Å². The number of hydrogen-bond donors (Lipinski definition) is 1. The summed E-state index contributed by atoms with van der Waals surface area (Å²) in [6.45, 7) is 5.83. The number of fused-ring (bicyclic) bond motifs is 3. The normalized spacial score (nSPS) is 19.9. The van der Waals surface area contributed by atoms with Gasteiger partial charge in [-0.2, -0.15) is 4.31 Å². The number of carbonyl (C=O) groups excluding carboxylic acids is 3. The van der Waals surface area contributed by atoms with Crippen LogP contribution in [-0.2, 0) is 19.6 Å². The average molecular weight is 485 g/mol. The van der Waals surface area contributed by atoms with Crippen molar-refractivity contribution >= 4 is 39.1 Å². The molecule has 1 fully saturated rings. The minimum absolute atomic E-state index is 0.0853. The summed E-state index contributed by atoms with van der Waals surface area (Å²) >= 11 is 0. The fourth-order valence-electron chi connectivity index (χ4n) is 4.71. The molecule has 2 heterocycles. The molecule has 3 amide bonds. The lowest BCUT2D eigenvalue weighted by atomic mass is 9.98. The van der Waals surface area contributed by atoms with Crippen molar-refractivity contribution in [3.05, 3.63) is 54.1 Å². The number of hydrogen-bond acceptors (Lipinski definition) is 5. The predicted molar refractivity (Wildman–Crippen MR) is 128 cm³/mol. The van der Waals surface area contributed by atoms with E-state index in [1.54, 1.807) is 49.9 Å². The van der Waals surface area contributed by atoms with Crippen molar-refractivity contribution in [1.29, 1.82) is 0 Å².